The Labute approximate surface area is 177 Å². The lowest BCUT2D eigenvalue weighted by atomic mass is 10.2. The van der Waals surface area contributed by atoms with Crippen LogP contribution in [0.15, 0.2) is 4.99 Å². The second kappa shape index (κ2) is 13.3. The van der Waals surface area contributed by atoms with E-state index in [0.717, 1.165) is 0 Å². The summed E-state index contributed by atoms with van der Waals surface area (Å²) in [6, 6.07) is -0.0213. The standard InChI is InChI=1S/C17H33F3N4O2.HI/c1-7-21-14(23-11-9-17(18,19)20)22-10-8-12-24(13(2)3)15(25)26-16(4,5)6;/h13H,7-12H2,1-6H3,(H2,21,22,23);1H. The van der Waals surface area contributed by atoms with Crippen LogP contribution in [-0.4, -0.2) is 61.0 Å². The minimum absolute atomic E-state index is 0. The van der Waals surface area contributed by atoms with Gasteiger partial charge in [-0.2, -0.15) is 13.2 Å². The van der Waals surface area contributed by atoms with Crippen molar-refractivity contribution >= 4 is 36.0 Å². The van der Waals surface area contributed by atoms with Gasteiger partial charge in [0, 0.05) is 32.2 Å². The van der Waals surface area contributed by atoms with E-state index in [0.29, 0.717) is 32.0 Å². The number of hydrogen-bond donors (Lipinski definition) is 2. The first-order valence-electron chi connectivity index (χ1n) is 8.94. The highest BCUT2D eigenvalue weighted by atomic mass is 127. The van der Waals surface area contributed by atoms with Crippen molar-refractivity contribution in [3.63, 3.8) is 0 Å². The quantitative estimate of drug-likeness (QED) is 0.223. The molecule has 0 radical (unpaired) electrons. The van der Waals surface area contributed by atoms with Crippen LogP contribution in [0.5, 0.6) is 0 Å². The molecule has 0 spiro atoms. The number of rotatable bonds is 8. The largest absolute Gasteiger partial charge is 0.444 e. The Morgan fingerprint density at radius 1 is 1.19 bits per heavy atom. The number of carbonyl (C=O) groups is 1. The second-order valence-electron chi connectivity index (χ2n) is 7.17. The van der Waals surface area contributed by atoms with E-state index in [9.17, 15) is 18.0 Å². The van der Waals surface area contributed by atoms with E-state index in [1.807, 2.05) is 41.5 Å². The molecule has 0 rings (SSSR count). The van der Waals surface area contributed by atoms with Crippen LogP contribution in [0, 0.1) is 0 Å². The van der Waals surface area contributed by atoms with Crippen LogP contribution in [0.1, 0.15) is 54.4 Å². The van der Waals surface area contributed by atoms with Crippen molar-refractivity contribution in [3.05, 3.63) is 0 Å². The zero-order valence-corrected chi connectivity index (χ0v) is 19.4. The van der Waals surface area contributed by atoms with Crippen LogP contribution in [0.3, 0.4) is 0 Å². The summed E-state index contributed by atoms with van der Waals surface area (Å²) in [7, 11) is 0. The Bertz CT molecular complexity index is 452. The summed E-state index contributed by atoms with van der Waals surface area (Å²) in [5.41, 5.74) is -0.566. The van der Waals surface area contributed by atoms with Crippen LogP contribution >= 0.6 is 24.0 Å². The van der Waals surface area contributed by atoms with Gasteiger partial charge in [-0.15, -0.1) is 24.0 Å². The van der Waals surface area contributed by atoms with E-state index in [2.05, 4.69) is 15.6 Å². The molecular weight excluding hydrogens is 476 g/mol. The summed E-state index contributed by atoms with van der Waals surface area (Å²) < 4.78 is 42.0. The highest BCUT2D eigenvalue weighted by molar-refractivity contribution is 14.0. The molecule has 1 amide bonds. The molecule has 0 atom stereocenters. The van der Waals surface area contributed by atoms with Crippen molar-refractivity contribution in [1.82, 2.24) is 15.5 Å². The fourth-order valence-corrected chi connectivity index (χ4v) is 1.98. The number of nitrogens with one attached hydrogen (secondary N) is 2. The van der Waals surface area contributed by atoms with Crippen LogP contribution < -0.4 is 10.6 Å². The fraction of sp³-hybridized carbons (Fsp3) is 0.882. The summed E-state index contributed by atoms with van der Waals surface area (Å²) in [5, 5.41) is 5.56. The molecule has 0 aliphatic rings. The Hall–Kier alpha value is -0.940. The lowest BCUT2D eigenvalue weighted by Crippen LogP contribution is -2.42. The van der Waals surface area contributed by atoms with Gasteiger partial charge >= 0.3 is 12.3 Å². The van der Waals surface area contributed by atoms with Gasteiger partial charge in [-0.25, -0.2) is 4.79 Å². The molecule has 0 saturated heterocycles. The molecule has 0 saturated carbocycles. The third-order valence-corrected chi connectivity index (χ3v) is 3.12. The van der Waals surface area contributed by atoms with Gasteiger partial charge in [-0.3, -0.25) is 4.99 Å². The Balaban J connectivity index is 0. The van der Waals surface area contributed by atoms with Gasteiger partial charge in [0.2, 0.25) is 0 Å². The lowest BCUT2D eigenvalue weighted by Gasteiger charge is -2.30. The predicted molar refractivity (Wildman–Crippen MR) is 113 cm³/mol. The summed E-state index contributed by atoms with van der Waals surface area (Å²) >= 11 is 0. The molecule has 162 valence electrons. The predicted octanol–water partition coefficient (Wildman–Crippen LogP) is 4.15. The third-order valence-electron chi connectivity index (χ3n) is 3.12. The van der Waals surface area contributed by atoms with Gasteiger partial charge in [-0.1, -0.05) is 0 Å². The lowest BCUT2D eigenvalue weighted by molar-refractivity contribution is -0.132. The monoisotopic (exact) mass is 510 g/mol. The number of nitrogens with zero attached hydrogens (tertiary/aromatic N) is 2. The topological polar surface area (TPSA) is 66.0 Å². The number of amides is 1. The van der Waals surface area contributed by atoms with Crippen molar-refractivity contribution in [3.8, 4) is 0 Å². The highest BCUT2D eigenvalue weighted by Gasteiger charge is 2.26. The first-order valence-corrected chi connectivity index (χ1v) is 8.94. The van der Waals surface area contributed by atoms with Crippen molar-refractivity contribution in [2.75, 3.05) is 26.2 Å². The molecule has 0 aliphatic heterocycles. The Kier molecular flexibility index (Phi) is 13.9. The van der Waals surface area contributed by atoms with Gasteiger partial charge in [0.05, 0.1) is 6.42 Å². The van der Waals surface area contributed by atoms with E-state index in [1.54, 1.807) is 4.90 Å². The molecule has 2 N–H and O–H groups in total. The molecule has 0 aromatic carbocycles. The number of carbonyl (C=O) groups excluding carboxylic acids is 1. The fourth-order valence-electron chi connectivity index (χ4n) is 1.98. The molecule has 0 aromatic rings. The molecule has 10 heteroatoms. The number of guanidine groups is 1. The van der Waals surface area contributed by atoms with Gasteiger partial charge in [0.1, 0.15) is 5.60 Å². The maximum atomic E-state index is 12.2. The van der Waals surface area contributed by atoms with Crippen molar-refractivity contribution in [1.29, 1.82) is 0 Å². The van der Waals surface area contributed by atoms with E-state index < -0.39 is 18.2 Å². The minimum Gasteiger partial charge on any atom is -0.444 e. The Morgan fingerprint density at radius 2 is 1.78 bits per heavy atom. The molecule has 0 bridgehead atoms. The maximum absolute atomic E-state index is 12.2. The molecule has 0 fully saturated rings. The first kappa shape index (κ1) is 28.3. The smallest absolute Gasteiger partial charge is 0.410 e. The molecule has 0 aromatic heterocycles. The first-order chi connectivity index (χ1) is 11.9. The Morgan fingerprint density at radius 3 is 2.22 bits per heavy atom. The van der Waals surface area contributed by atoms with E-state index in [-0.39, 0.29) is 42.7 Å². The van der Waals surface area contributed by atoms with Crippen molar-refractivity contribution in [2.45, 2.75) is 72.2 Å². The summed E-state index contributed by atoms with van der Waals surface area (Å²) in [4.78, 5) is 18.1. The maximum Gasteiger partial charge on any atom is 0.410 e. The third kappa shape index (κ3) is 15.8. The SMILES string of the molecule is CCNC(=NCCCN(C(=O)OC(C)(C)C)C(C)C)NCCC(F)(F)F.I. The number of halogens is 4. The second-order valence-corrected chi connectivity index (χ2v) is 7.17. The van der Waals surface area contributed by atoms with Gasteiger partial charge in [0.25, 0.3) is 0 Å². The van der Waals surface area contributed by atoms with Gasteiger partial charge < -0.3 is 20.3 Å². The van der Waals surface area contributed by atoms with Crippen molar-refractivity contribution in [2.24, 2.45) is 4.99 Å². The molecule has 0 unspecified atom stereocenters. The molecular formula is C17H34F3IN4O2. The van der Waals surface area contributed by atoms with Crippen LogP contribution in [0.25, 0.3) is 0 Å². The number of hydrogen-bond acceptors (Lipinski definition) is 3. The van der Waals surface area contributed by atoms with E-state index >= 15 is 0 Å². The molecule has 0 heterocycles. The van der Waals surface area contributed by atoms with Crippen LogP contribution in [0.4, 0.5) is 18.0 Å². The number of alkyl halides is 3. The molecule has 27 heavy (non-hydrogen) atoms. The highest BCUT2D eigenvalue weighted by Crippen LogP contribution is 2.18. The van der Waals surface area contributed by atoms with Crippen LogP contribution in [-0.2, 0) is 4.74 Å². The van der Waals surface area contributed by atoms with Crippen LogP contribution in [0.2, 0.25) is 0 Å². The summed E-state index contributed by atoms with van der Waals surface area (Å²) in [6.45, 7) is 12.2. The summed E-state index contributed by atoms with van der Waals surface area (Å²) in [6.07, 6.45) is -4.92. The normalized spacial score (nSPS) is 12.4. The molecule has 0 aliphatic carbocycles. The van der Waals surface area contributed by atoms with Gasteiger partial charge in [-0.05, 0) is 48.0 Å². The van der Waals surface area contributed by atoms with Gasteiger partial charge in [0.15, 0.2) is 5.96 Å². The molecule has 6 nitrogen and oxygen atoms in total. The number of aliphatic imine (C=N–C) groups is 1. The van der Waals surface area contributed by atoms with E-state index in [1.165, 1.54) is 0 Å². The van der Waals surface area contributed by atoms with E-state index in [4.69, 9.17) is 4.74 Å². The summed E-state index contributed by atoms with van der Waals surface area (Å²) in [5.74, 6) is 0.338. The minimum atomic E-state index is -4.20. The average Bonchev–Trinajstić information content (AvgIpc) is 2.43. The zero-order valence-electron chi connectivity index (χ0n) is 17.1. The van der Waals surface area contributed by atoms with Crippen molar-refractivity contribution < 1.29 is 22.7 Å². The average molecular weight is 510 g/mol. The zero-order chi connectivity index (χ0) is 20.4. The number of ether oxygens (including phenoxy) is 1.